The fourth-order valence-electron chi connectivity index (χ4n) is 1.97. The lowest BCUT2D eigenvalue weighted by molar-refractivity contribution is 0.352. The third-order valence-corrected chi connectivity index (χ3v) is 3.61. The zero-order chi connectivity index (χ0) is 13.0. The minimum Gasteiger partial charge on any atom is -0.310 e. The van der Waals surface area contributed by atoms with Crippen molar-refractivity contribution in [3.05, 3.63) is 46.5 Å². The van der Waals surface area contributed by atoms with Gasteiger partial charge in [0.05, 0.1) is 0 Å². The van der Waals surface area contributed by atoms with E-state index in [4.69, 9.17) is 0 Å². The van der Waals surface area contributed by atoms with Crippen LogP contribution < -0.4 is 5.32 Å². The van der Waals surface area contributed by atoms with Crippen LogP contribution in [0.1, 0.15) is 18.4 Å². The summed E-state index contributed by atoms with van der Waals surface area (Å²) >= 11 is 3.46. The Kier molecular flexibility index (Phi) is 4.98. The molecule has 0 heterocycles. The second-order valence-electron chi connectivity index (χ2n) is 5.20. The minimum absolute atomic E-state index is 0.763. The molecule has 0 atom stereocenters. The van der Waals surface area contributed by atoms with E-state index in [9.17, 15) is 0 Å². The molecule has 1 aromatic carbocycles. The summed E-state index contributed by atoms with van der Waals surface area (Å²) in [5.41, 5.74) is 2.60. The fourth-order valence-corrected chi connectivity index (χ4v) is 2.24. The summed E-state index contributed by atoms with van der Waals surface area (Å²) in [5, 5.41) is 3.50. The highest BCUT2D eigenvalue weighted by Crippen LogP contribution is 2.18. The second-order valence-corrected chi connectivity index (χ2v) is 6.12. The van der Waals surface area contributed by atoms with Crippen LogP contribution in [0.3, 0.4) is 0 Å². The van der Waals surface area contributed by atoms with Gasteiger partial charge in [0.25, 0.3) is 0 Å². The van der Waals surface area contributed by atoms with Crippen molar-refractivity contribution in [2.75, 3.05) is 20.1 Å². The molecule has 18 heavy (non-hydrogen) atoms. The molecule has 0 saturated heterocycles. The number of nitrogens with zero attached hydrogens (tertiary/aromatic N) is 1. The normalized spacial score (nSPS) is 15.1. The van der Waals surface area contributed by atoms with Crippen molar-refractivity contribution in [1.29, 1.82) is 0 Å². The molecule has 0 spiro atoms. The van der Waals surface area contributed by atoms with Gasteiger partial charge in [-0.1, -0.05) is 34.6 Å². The maximum absolute atomic E-state index is 4.14. The molecule has 3 heteroatoms. The van der Waals surface area contributed by atoms with Gasteiger partial charge in [0.1, 0.15) is 0 Å². The molecule has 0 aromatic heterocycles. The maximum atomic E-state index is 4.14. The topological polar surface area (TPSA) is 15.3 Å². The van der Waals surface area contributed by atoms with Crippen LogP contribution in [0.5, 0.6) is 0 Å². The molecule has 2 rings (SSSR count). The van der Waals surface area contributed by atoms with Crippen molar-refractivity contribution in [2.45, 2.75) is 25.4 Å². The molecule has 0 unspecified atom stereocenters. The summed E-state index contributed by atoms with van der Waals surface area (Å²) < 4.78 is 1.13. The number of rotatable bonds is 7. The molecule has 1 N–H and O–H groups in total. The van der Waals surface area contributed by atoms with Gasteiger partial charge in [0.15, 0.2) is 0 Å². The average Bonchev–Trinajstić information content (AvgIpc) is 3.13. The number of benzene rings is 1. The van der Waals surface area contributed by atoms with Crippen molar-refractivity contribution < 1.29 is 0 Å². The van der Waals surface area contributed by atoms with Crippen molar-refractivity contribution in [1.82, 2.24) is 10.2 Å². The Balaban J connectivity index is 1.71. The molecular weight excluding hydrogens is 288 g/mol. The number of nitrogens with one attached hydrogen (secondary N) is 1. The van der Waals surface area contributed by atoms with Crippen LogP contribution in [0.15, 0.2) is 40.9 Å². The lowest BCUT2D eigenvalue weighted by atomic mass is 10.2. The summed E-state index contributed by atoms with van der Waals surface area (Å²) in [7, 11) is 2.14. The van der Waals surface area contributed by atoms with Gasteiger partial charge in [-0.15, -0.1) is 0 Å². The van der Waals surface area contributed by atoms with Crippen LogP contribution in [0.4, 0.5) is 0 Å². The van der Waals surface area contributed by atoms with Gasteiger partial charge >= 0.3 is 0 Å². The van der Waals surface area contributed by atoms with Crippen molar-refractivity contribution in [3.63, 3.8) is 0 Å². The van der Waals surface area contributed by atoms with Crippen LogP contribution in [0.2, 0.25) is 0 Å². The van der Waals surface area contributed by atoms with E-state index < -0.39 is 0 Å². The molecule has 1 fully saturated rings. The van der Waals surface area contributed by atoms with Gasteiger partial charge in [-0.25, -0.2) is 0 Å². The summed E-state index contributed by atoms with van der Waals surface area (Å²) in [6.07, 6.45) is 2.67. The molecule has 1 aromatic rings. The zero-order valence-electron chi connectivity index (χ0n) is 11.0. The van der Waals surface area contributed by atoms with Crippen molar-refractivity contribution in [3.8, 4) is 0 Å². The van der Waals surface area contributed by atoms with E-state index in [1.807, 2.05) is 0 Å². The third kappa shape index (κ3) is 4.92. The van der Waals surface area contributed by atoms with E-state index in [1.165, 1.54) is 24.0 Å². The highest BCUT2D eigenvalue weighted by atomic mass is 79.9. The monoisotopic (exact) mass is 308 g/mol. The lowest BCUT2D eigenvalue weighted by Gasteiger charge is -2.18. The number of hydrogen-bond donors (Lipinski definition) is 1. The van der Waals surface area contributed by atoms with Crippen LogP contribution in [-0.2, 0) is 6.54 Å². The molecule has 1 aliphatic carbocycles. The van der Waals surface area contributed by atoms with E-state index in [1.54, 1.807) is 0 Å². The predicted octanol–water partition coefficient (Wildman–Crippen LogP) is 3.19. The smallest absolute Gasteiger partial charge is 0.0234 e. The Bertz CT molecular complexity index is 395. The predicted molar refractivity (Wildman–Crippen MR) is 80.6 cm³/mol. The zero-order valence-corrected chi connectivity index (χ0v) is 12.5. The summed E-state index contributed by atoms with van der Waals surface area (Å²) in [6.45, 7) is 7.01. The first-order valence-corrected chi connectivity index (χ1v) is 7.26. The summed E-state index contributed by atoms with van der Waals surface area (Å²) in [6, 6.07) is 9.26. The third-order valence-electron chi connectivity index (χ3n) is 3.08. The van der Waals surface area contributed by atoms with E-state index in [0.29, 0.717) is 0 Å². The van der Waals surface area contributed by atoms with Gasteiger partial charge in [0, 0.05) is 30.1 Å². The highest BCUT2D eigenvalue weighted by Gasteiger charge is 2.20. The maximum Gasteiger partial charge on any atom is 0.0234 e. The Labute approximate surface area is 118 Å². The fraction of sp³-hybridized carbons (Fsp3) is 0.467. The number of hydrogen-bond acceptors (Lipinski definition) is 2. The molecule has 0 aliphatic heterocycles. The molecule has 1 saturated carbocycles. The average molecular weight is 309 g/mol. The first-order valence-electron chi connectivity index (χ1n) is 6.46. The standard InChI is InChI=1S/C15H21BrN2/c1-12(9-17-15-7-8-15)10-18(2)11-13-3-5-14(16)6-4-13/h3-6,15,17H,1,7-11H2,2H3. The van der Waals surface area contributed by atoms with E-state index in [0.717, 1.165) is 30.1 Å². The largest absolute Gasteiger partial charge is 0.310 e. The molecule has 0 bridgehead atoms. The first-order chi connectivity index (χ1) is 8.63. The second kappa shape index (κ2) is 6.50. The van der Waals surface area contributed by atoms with Crippen molar-refractivity contribution >= 4 is 15.9 Å². The minimum atomic E-state index is 0.763. The van der Waals surface area contributed by atoms with Crippen LogP contribution >= 0.6 is 15.9 Å². The molecule has 1 aliphatic rings. The molecular formula is C15H21BrN2. The van der Waals surface area contributed by atoms with Crippen molar-refractivity contribution in [2.24, 2.45) is 0 Å². The quantitative estimate of drug-likeness (QED) is 0.778. The molecule has 0 amide bonds. The Morgan fingerprint density at radius 1 is 1.39 bits per heavy atom. The summed E-state index contributed by atoms with van der Waals surface area (Å²) in [4.78, 5) is 2.31. The highest BCUT2D eigenvalue weighted by molar-refractivity contribution is 9.10. The van der Waals surface area contributed by atoms with Gasteiger partial charge < -0.3 is 5.32 Å². The van der Waals surface area contributed by atoms with Gasteiger partial charge in [-0.05, 0) is 43.2 Å². The summed E-state index contributed by atoms with van der Waals surface area (Å²) in [5.74, 6) is 0. The van der Waals surface area contributed by atoms with Crippen LogP contribution in [-0.4, -0.2) is 31.1 Å². The number of halogens is 1. The SMILES string of the molecule is C=C(CNC1CC1)CN(C)Cc1ccc(Br)cc1. The Morgan fingerprint density at radius 3 is 2.67 bits per heavy atom. The van der Waals surface area contributed by atoms with Crippen LogP contribution in [0, 0.1) is 0 Å². The van der Waals surface area contributed by atoms with E-state index >= 15 is 0 Å². The van der Waals surface area contributed by atoms with E-state index in [2.05, 4.69) is 64.0 Å². The first kappa shape index (κ1) is 13.8. The van der Waals surface area contributed by atoms with Gasteiger partial charge in [-0.2, -0.15) is 0 Å². The van der Waals surface area contributed by atoms with Gasteiger partial charge in [0.2, 0.25) is 0 Å². The van der Waals surface area contributed by atoms with Crippen LogP contribution in [0.25, 0.3) is 0 Å². The Hall–Kier alpha value is -0.640. The number of likely N-dealkylation sites (N-methyl/N-ethyl adjacent to an activating group) is 1. The molecule has 0 radical (unpaired) electrons. The molecule has 2 nitrogen and oxygen atoms in total. The lowest BCUT2D eigenvalue weighted by Crippen LogP contribution is -2.26. The molecule has 98 valence electrons. The Morgan fingerprint density at radius 2 is 2.06 bits per heavy atom. The van der Waals surface area contributed by atoms with Gasteiger partial charge in [-0.3, -0.25) is 4.90 Å². The van der Waals surface area contributed by atoms with E-state index in [-0.39, 0.29) is 0 Å².